The summed E-state index contributed by atoms with van der Waals surface area (Å²) in [6.45, 7) is 6.41. The molecule has 0 saturated heterocycles. The van der Waals surface area contributed by atoms with Crippen molar-refractivity contribution in [2.24, 2.45) is 0 Å². The Kier molecular flexibility index (Phi) is 4.46. The van der Waals surface area contributed by atoms with Gasteiger partial charge >= 0.3 is 0 Å². The van der Waals surface area contributed by atoms with Gasteiger partial charge in [0.15, 0.2) is 11.6 Å². The van der Waals surface area contributed by atoms with Gasteiger partial charge in [0.25, 0.3) is 0 Å². The predicted molar refractivity (Wildman–Crippen MR) is 113 cm³/mol. The van der Waals surface area contributed by atoms with Gasteiger partial charge in [-0.05, 0) is 45.0 Å². The lowest BCUT2D eigenvalue weighted by Gasteiger charge is -2.21. The summed E-state index contributed by atoms with van der Waals surface area (Å²) in [7, 11) is 0. The summed E-state index contributed by atoms with van der Waals surface area (Å²) in [6, 6.07) is 6.43. The molecule has 3 aromatic heterocycles. The number of fused-ring (bicyclic) bond motifs is 7. The molecule has 1 aromatic carbocycles. The summed E-state index contributed by atoms with van der Waals surface area (Å²) in [6.07, 6.45) is 3.55. The van der Waals surface area contributed by atoms with Crippen LogP contribution in [-0.2, 0) is 13.0 Å². The quantitative estimate of drug-likeness (QED) is 0.506. The number of ether oxygens (including phenoxy) is 1. The number of benzene rings is 1. The van der Waals surface area contributed by atoms with Crippen molar-refractivity contribution in [2.45, 2.75) is 39.8 Å². The lowest BCUT2D eigenvalue weighted by atomic mass is 10.0. The van der Waals surface area contributed by atoms with E-state index >= 15 is 0 Å². The monoisotopic (exact) mass is 419 g/mol. The van der Waals surface area contributed by atoms with E-state index in [0.29, 0.717) is 35.8 Å². The van der Waals surface area contributed by atoms with Gasteiger partial charge in [-0.2, -0.15) is 10.2 Å². The van der Waals surface area contributed by atoms with Crippen molar-refractivity contribution >= 4 is 5.82 Å². The highest BCUT2D eigenvalue weighted by molar-refractivity contribution is 5.67. The SMILES string of the molecule is CCn1ncc2c1-c1cnc(N)c(c1)OC(C)c1cc(F)ccc1-n1nc(C)nc1C2. The van der Waals surface area contributed by atoms with E-state index in [9.17, 15) is 4.39 Å². The highest BCUT2D eigenvalue weighted by atomic mass is 19.1. The van der Waals surface area contributed by atoms with E-state index in [0.717, 1.165) is 22.6 Å². The standard InChI is InChI=1S/C22H22FN7O/c1-4-29-21-14-7-19(22(24)25-10-14)31-12(2)17-9-16(23)5-6-18(17)30-20(27-13(3)28-30)8-15(21)11-26-29/h5-7,9-12H,4,8H2,1-3H3,(H2,24,25). The number of rotatable bonds is 1. The molecule has 2 N–H and O–H groups in total. The van der Waals surface area contributed by atoms with Gasteiger partial charge in [-0.25, -0.2) is 19.0 Å². The van der Waals surface area contributed by atoms with E-state index in [1.54, 1.807) is 16.9 Å². The van der Waals surface area contributed by atoms with E-state index in [1.165, 1.54) is 12.1 Å². The summed E-state index contributed by atoms with van der Waals surface area (Å²) < 4.78 is 24.0. The van der Waals surface area contributed by atoms with Crippen molar-refractivity contribution in [3.63, 3.8) is 0 Å². The molecule has 0 radical (unpaired) electrons. The van der Waals surface area contributed by atoms with Crippen LogP contribution in [0.4, 0.5) is 10.2 Å². The third-order valence-corrected chi connectivity index (χ3v) is 5.46. The molecule has 1 atom stereocenters. The van der Waals surface area contributed by atoms with Crippen molar-refractivity contribution in [2.75, 3.05) is 5.73 Å². The summed E-state index contributed by atoms with van der Waals surface area (Å²) in [4.78, 5) is 8.99. The Labute approximate surface area is 178 Å². The normalized spacial score (nSPS) is 15.2. The fourth-order valence-corrected chi connectivity index (χ4v) is 4.04. The summed E-state index contributed by atoms with van der Waals surface area (Å²) in [5.41, 5.74) is 10.2. The fourth-order valence-electron chi connectivity index (χ4n) is 4.04. The average Bonchev–Trinajstić information content (AvgIpc) is 3.32. The first kappa shape index (κ1) is 19.2. The molecule has 0 aliphatic carbocycles. The highest BCUT2D eigenvalue weighted by Gasteiger charge is 2.24. The Hall–Kier alpha value is -3.75. The molecular weight excluding hydrogens is 397 g/mol. The lowest BCUT2D eigenvalue weighted by molar-refractivity contribution is 0.226. The molecule has 4 heterocycles. The largest absolute Gasteiger partial charge is 0.482 e. The Balaban J connectivity index is 1.81. The molecule has 1 aliphatic heterocycles. The predicted octanol–water partition coefficient (Wildman–Crippen LogP) is 3.62. The zero-order chi connectivity index (χ0) is 21.7. The maximum absolute atomic E-state index is 14.2. The van der Waals surface area contributed by atoms with Gasteiger partial charge in [0.05, 0.1) is 17.6 Å². The third-order valence-electron chi connectivity index (χ3n) is 5.46. The van der Waals surface area contributed by atoms with Crippen LogP contribution >= 0.6 is 0 Å². The molecule has 8 nitrogen and oxygen atoms in total. The van der Waals surface area contributed by atoms with E-state index in [1.807, 2.05) is 37.7 Å². The number of aryl methyl sites for hydroxylation is 2. The van der Waals surface area contributed by atoms with Crippen molar-refractivity contribution < 1.29 is 9.13 Å². The minimum Gasteiger partial charge on any atom is -0.482 e. The van der Waals surface area contributed by atoms with Crippen LogP contribution in [0.25, 0.3) is 16.9 Å². The van der Waals surface area contributed by atoms with Crippen LogP contribution in [0, 0.1) is 12.7 Å². The van der Waals surface area contributed by atoms with Gasteiger partial charge in [0.1, 0.15) is 23.6 Å². The molecule has 1 aliphatic rings. The average molecular weight is 419 g/mol. The lowest BCUT2D eigenvalue weighted by Crippen LogP contribution is -2.14. The third kappa shape index (κ3) is 3.22. The van der Waals surface area contributed by atoms with Gasteiger partial charge < -0.3 is 10.5 Å². The van der Waals surface area contributed by atoms with Crippen molar-refractivity contribution in [3.05, 3.63) is 65.3 Å². The van der Waals surface area contributed by atoms with E-state index < -0.39 is 6.10 Å². The molecule has 31 heavy (non-hydrogen) atoms. The Morgan fingerprint density at radius 3 is 2.90 bits per heavy atom. The zero-order valence-corrected chi connectivity index (χ0v) is 17.5. The first-order valence-electron chi connectivity index (χ1n) is 10.1. The van der Waals surface area contributed by atoms with Crippen LogP contribution in [-0.4, -0.2) is 29.5 Å². The van der Waals surface area contributed by atoms with Crippen LogP contribution in [0.5, 0.6) is 5.75 Å². The smallest absolute Gasteiger partial charge is 0.166 e. The van der Waals surface area contributed by atoms with Crippen LogP contribution in [0.15, 0.2) is 36.7 Å². The number of nitrogen functional groups attached to an aromatic ring is 1. The molecule has 2 bridgehead atoms. The van der Waals surface area contributed by atoms with Crippen LogP contribution in [0.3, 0.4) is 0 Å². The van der Waals surface area contributed by atoms with Crippen LogP contribution < -0.4 is 10.5 Å². The number of anilines is 1. The number of hydrogen-bond acceptors (Lipinski definition) is 6. The van der Waals surface area contributed by atoms with Crippen LogP contribution in [0.1, 0.15) is 42.7 Å². The minimum atomic E-state index is -0.502. The molecule has 5 rings (SSSR count). The Bertz CT molecular complexity index is 1290. The number of pyridine rings is 1. The topological polar surface area (TPSA) is 96.7 Å². The second-order valence-electron chi connectivity index (χ2n) is 7.57. The van der Waals surface area contributed by atoms with Gasteiger partial charge in [0, 0.05) is 35.9 Å². The molecule has 9 heteroatoms. The van der Waals surface area contributed by atoms with Gasteiger partial charge in [-0.15, -0.1) is 0 Å². The number of nitrogens with two attached hydrogens (primary N) is 1. The summed E-state index contributed by atoms with van der Waals surface area (Å²) in [5, 5.41) is 9.14. The number of halogens is 1. The van der Waals surface area contributed by atoms with E-state index in [4.69, 9.17) is 10.5 Å². The second kappa shape index (κ2) is 7.19. The first-order valence-corrected chi connectivity index (χ1v) is 10.1. The molecule has 4 aromatic rings. The number of nitrogens with zero attached hydrogens (tertiary/aromatic N) is 6. The maximum atomic E-state index is 14.2. The molecule has 0 fully saturated rings. The van der Waals surface area contributed by atoms with Crippen molar-refractivity contribution in [3.8, 4) is 22.7 Å². The Morgan fingerprint density at radius 2 is 2.10 bits per heavy atom. The molecule has 0 spiro atoms. The van der Waals surface area contributed by atoms with Crippen molar-refractivity contribution in [1.82, 2.24) is 29.5 Å². The highest BCUT2D eigenvalue weighted by Crippen LogP contribution is 2.35. The van der Waals surface area contributed by atoms with Crippen LogP contribution in [0.2, 0.25) is 0 Å². The van der Waals surface area contributed by atoms with Gasteiger partial charge in [-0.3, -0.25) is 4.68 Å². The van der Waals surface area contributed by atoms with Gasteiger partial charge in [0.2, 0.25) is 0 Å². The second-order valence-corrected chi connectivity index (χ2v) is 7.57. The minimum absolute atomic E-state index is 0.270. The molecule has 0 saturated carbocycles. The van der Waals surface area contributed by atoms with E-state index in [-0.39, 0.29) is 11.6 Å². The fraction of sp³-hybridized carbons (Fsp3) is 0.273. The molecule has 0 amide bonds. The summed E-state index contributed by atoms with van der Waals surface area (Å²) in [5.74, 6) is 1.71. The molecule has 1 unspecified atom stereocenters. The van der Waals surface area contributed by atoms with E-state index in [2.05, 4.69) is 20.2 Å². The maximum Gasteiger partial charge on any atom is 0.166 e. The zero-order valence-electron chi connectivity index (χ0n) is 17.5. The Morgan fingerprint density at radius 1 is 1.26 bits per heavy atom. The number of aromatic nitrogens is 6. The summed E-state index contributed by atoms with van der Waals surface area (Å²) >= 11 is 0. The number of hydrogen-bond donors (Lipinski definition) is 1. The van der Waals surface area contributed by atoms with Gasteiger partial charge in [-0.1, -0.05) is 0 Å². The van der Waals surface area contributed by atoms with Crippen molar-refractivity contribution in [1.29, 1.82) is 0 Å². The molecular formula is C22H22FN7O. The first-order chi connectivity index (χ1) is 14.9. The molecule has 158 valence electrons.